The van der Waals surface area contributed by atoms with Gasteiger partial charge in [-0.3, -0.25) is 14.3 Å². The van der Waals surface area contributed by atoms with Gasteiger partial charge in [0, 0.05) is 30.8 Å². The number of hydrogen-bond donors (Lipinski definition) is 1. The molecule has 1 aromatic rings. The number of hydrogen-bond acceptors (Lipinski definition) is 5. The lowest BCUT2D eigenvalue weighted by molar-refractivity contribution is -0.0618. The van der Waals surface area contributed by atoms with Crippen LogP contribution in [0.4, 0.5) is 4.39 Å². The molecule has 142 valence electrons. The molecule has 7 nitrogen and oxygen atoms in total. The quantitative estimate of drug-likeness (QED) is 0.798. The Morgan fingerprint density at radius 3 is 2.64 bits per heavy atom. The van der Waals surface area contributed by atoms with Crippen molar-refractivity contribution in [1.29, 1.82) is 0 Å². The molecule has 1 unspecified atom stereocenters. The van der Waals surface area contributed by atoms with E-state index in [1.165, 1.54) is 19.2 Å². The van der Waals surface area contributed by atoms with Crippen molar-refractivity contribution >= 4 is 8.56 Å². The summed E-state index contributed by atoms with van der Waals surface area (Å²) in [6.45, 7) is 9.65. The number of rotatable bonds is 5. The Morgan fingerprint density at radius 2 is 2.12 bits per heavy atom. The molecule has 2 heterocycles. The molecule has 0 aliphatic carbocycles. The molecule has 0 amide bonds. The lowest BCUT2D eigenvalue weighted by atomic mass is 10.0. The molecule has 0 spiro atoms. The first-order valence-corrected chi connectivity index (χ1v) is 10.6. The van der Waals surface area contributed by atoms with Gasteiger partial charge in [0.05, 0.1) is 12.7 Å². The van der Waals surface area contributed by atoms with Crippen LogP contribution < -0.4 is 11.2 Å². The predicted molar refractivity (Wildman–Crippen MR) is 93.7 cm³/mol. The fraction of sp³-hybridized carbons (Fsp3) is 0.750. The van der Waals surface area contributed by atoms with Crippen LogP contribution in [0.25, 0.3) is 0 Å². The summed E-state index contributed by atoms with van der Waals surface area (Å²) in [4.78, 5) is 25.2. The van der Waals surface area contributed by atoms with Gasteiger partial charge in [0.2, 0.25) is 0 Å². The molecule has 2 rings (SSSR count). The number of ether oxygens (including phenoxy) is 1. The van der Waals surface area contributed by atoms with Crippen molar-refractivity contribution in [2.75, 3.05) is 13.7 Å². The number of alkyl halides is 1. The van der Waals surface area contributed by atoms with Crippen LogP contribution in [0.5, 0.6) is 0 Å². The van der Waals surface area contributed by atoms with Gasteiger partial charge in [-0.05, 0) is 13.5 Å². The van der Waals surface area contributed by atoms with Gasteiger partial charge in [0.15, 0.2) is 11.9 Å². The molecule has 0 radical (unpaired) electrons. The average Bonchev–Trinajstić information content (AvgIpc) is 2.78. The van der Waals surface area contributed by atoms with E-state index >= 15 is 0 Å². The Balaban J connectivity index is 2.14. The SMILES string of the molecule is CO[Si](C)(OC[C@@H]1C[C@@](C)(F)[C@H](n2ccc(=O)[nH]c2=O)O1)C(C)(C)C. The van der Waals surface area contributed by atoms with Crippen molar-refractivity contribution in [3.63, 3.8) is 0 Å². The van der Waals surface area contributed by atoms with Crippen molar-refractivity contribution in [2.45, 2.75) is 63.7 Å². The molecular formula is C16H27FN2O5Si. The second kappa shape index (κ2) is 6.79. The Kier molecular flexibility index (Phi) is 5.44. The maximum atomic E-state index is 15.0. The van der Waals surface area contributed by atoms with E-state index in [2.05, 4.69) is 4.98 Å². The van der Waals surface area contributed by atoms with Crippen LogP contribution in [0, 0.1) is 0 Å². The van der Waals surface area contributed by atoms with E-state index in [0.717, 1.165) is 4.57 Å². The molecule has 0 aromatic carbocycles. The van der Waals surface area contributed by atoms with Gasteiger partial charge in [-0.2, -0.15) is 0 Å². The van der Waals surface area contributed by atoms with Crippen molar-refractivity contribution in [2.24, 2.45) is 0 Å². The van der Waals surface area contributed by atoms with Crippen molar-refractivity contribution in [3.8, 4) is 0 Å². The summed E-state index contributed by atoms with van der Waals surface area (Å²) < 4.78 is 33.5. The summed E-state index contributed by atoms with van der Waals surface area (Å²) in [5.74, 6) is 0. The first kappa shape index (κ1) is 20.0. The normalized spacial score (nSPS) is 29.6. The van der Waals surface area contributed by atoms with Gasteiger partial charge >= 0.3 is 14.3 Å². The minimum Gasteiger partial charge on any atom is -0.397 e. The number of nitrogens with zero attached hydrogens (tertiary/aromatic N) is 1. The van der Waals surface area contributed by atoms with E-state index in [4.69, 9.17) is 13.6 Å². The van der Waals surface area contributed by atoms with Gasteiger partial charge in [0.25, 0.3) is 5.56 Å². The van der Waals surface area contributed by atoms with E-state index in [-0.39, 0.29) is 18.1 Å². The first-order chi connectivity index (χ1) is 11.4. The molecule has 1 fully saturated rings. The largest absolute Gasteiger partial charge is 0.397 e. The average molecular weight is 374 g/mol. The number of H-pyrrole nitrogens is 1. The summed E-state index contributed by atoms with van der Waals surface area (Å²) in [6.07, 6.45) is -0.295. The highest BCUT2D eigenvalue weighted by molar-refractivity contribution is 6.69. The molecule has 1 aromatic heterocycles. The predicted octanol–water partition coefficient (Wildman–Crippen LogP) is 2.09. The first-order valence-electron chi connectivity index (χ1n) is 8.24. The smallest absolute Gasteiger partial charge is 0.340 e. The number of nitrogens with one attached hydrogen (secondary N) is 1. The third kappa shape index (κ3) is 4.10. The zero-order valence-electron chi connectivity index (χ0n) is 15.6. The molecule has 0 bridgehead atoms. The minimum absolute atomic E-state index is 0.0849. The molecular weight excluding hydrogens is 347 g/mol. The number of halogens is 1. The zero-order valence-corrected chi connectivity index (χ0v) is 16.6. The molecule has 1 aliphatic heterocycles. The number of aromatic nitrogens is 2. The van der Waals surface area contributed by atoms with Crippen LogP contribution in [0.3, 0.4) is 0 Å². The molecule has 25 heavy (non-hydrogen) atoms. The van der Waals surface area contributed by atoms with Crippen molar-refractivity contribution in [1.82, 2.24) is 9.55 Å². The fourth-order valence-corrected chi connectivity index (χ4v) is 4.48. The van der Waals surface area contributed by atoms with Crippen molar-refractivity contribution < 1.29 is 18.0 Å². The third-order valence-corrected chi connectivity index (χ3v) is 9.08. The summed E-state index contributed by atoms with van der Waals surface area (Å²) in [6, 6.07) is 1.17. The maximum absolute atomic E-state index is 15.0. The molecule has 0 saturated carbocycles. The molecule has 9 heteroatoms. The third-order valence-electron chi connectivity index (χ3n) is 4.86. The van der Waals surface area contributed by atoms with Crippen LogP contribution in [0.2, 0.25) is 11.6 Å². The second-order valence-corrected chi connectivity index (χ2v) is 11.9. The lowest BCUT2D eigenvalue weighted by Gasteiger charge is -2.37. The van der Waals surface area contributed by atoms with Crippen LogP contribution >= 0.6 is 0 Å². The topological polar surface area (TPSA) is 82.5 Å². The summed E-state index contributed by atoms with van der Waals surface area (Å²) in [5, 5.41) is -0.158. The van der Waals surface area contributed by atoms with E-state index in [1.54, 1.807) is 7.11 Å². The highest BCUT2D eigenvalue weighted by atomic mass is 28.4. The maximum Gasteiger partial charge on any atom is 0.340 e. The van der Waals surface area contributed by atoms with E-state index < -0.39 is 37.8 Å². The van der Waals surface area contributed by atoms with Crippen LogP contribution in [-0.4, -0.2) is 43.6 Å². The Morgan fingerprint density at radius 1 is 1.48 bits per heavy atom. The van der Waals surface area contributed by atoms with E-state index in [0.29, 0.717) is 0 Å². The minimum atomic E-state index is -2.48. The highest BCUT2D eigenvalue weighted by Gasteiger charge is 2.49. The molecule has 4 atom stereocenters. The molecule has 1 aliphatic rings. The Labute approximate surface area is 147 Å². The Hall–Kier alpha value is -1.29. The van der Waals surface area contributed by atoms with Gasteiger partial charge in [-0.1, -0.05) is 20.8 Å². The van der Waals surface area contributed by atoms with Gasteiger partial charge < -0.3 is 13.6 Å². The summed E-state index contributed by atoms with van der Waals surface area (Å²) in [7, 11) is -0.857. The highest BCUT2D eigenvalue weighted by Crippen LogP contribution is 2.42. The summed E-state index contributed by atoms with van der Waals surface area (Å²) in [5.41, 5.74) is -3.00. The zero-order chi connectivity index (χ0) is 19.0. The van der Waals surface area contributed by atoms with Crippen LogP contribution in [0.1, 0.15) is 40.3 Å². The lowest BCUT2D eigenvalue weighted by Crippen LogP contribution is -2.48. The van der Waals surface area contributed by atoms with Crippen LogP contribution in [0.15, 0.2) is 21.9 Å². The van der Waals surface area contributed by atoms with Crippen LogP contribution in [-0.2, 0) is 13.6 Å². The number of aromatic amines is 1. The van der Waals surface area contributed by atoms with Gasteiger partial charge in [-0.25, -0.2) is 9.18 Å². The summed E-state index contributed by atoms with van der Waals surface area (Å²) >= 11 is 0. The standard InChI is InChI=1S/C16H27FN2O5Si/c1-15(2,3)25(6,22-5)23-10-11-9-16(4,17)13(24-11)19-8-7-12(20)18-14(19)21/h7-8,11,13H,9-10H2,1-6H3,(H,18,20,21)/t11-,13+,16+,25?/m0/s1. The van der Waals surface area contributed by atoms with E-state index in [9.17, 15) is 14.0 Å². The van der Waals surface area contributed by atoms with Gasteiger partial charge in [0.1, 0.15) is 0 Å². The van der Waals surface area contributed by atoms with E-state index in [1.807, 2.05) is 27.3 Å². The van der Waals surface area contributed by atoms with Crippen molar-refractivity contribution in [3.05, 3.63) is 33.1 Å². The molecule has 1 N–H and O–H groups in total. The Bertz CT molecular complexity index is 726. The fourth-order valence-electron chi connectivity index (χ4n) is 2.82. The second-order valence-electron chi connectivity index (χ2n) is 7.82. The van der Waals surface area contributed by atoms with Gasteiger partial charge in [-0.15, -0.1) is 0 Å². The molecule has 1 saturated heterocycles. The monoisotopic (exact) mass is 374 g/mol.